The molecule has 144 valence electrons. The number of hydrogen-bond donors (Lipinski definition) is 1. The lowest BCUT2D eigenvalue weighted by Gasteiger charge is -2.12. The number of benzene rings is 3. The lowest BCUT2D eigenvalue weighted by molar-refractivity contribution is -0.120. The molecule has 0 unspecified atom stereocenters. The maximum atomic E-state index is 12.3. The minimum atomic E-state index is -0.194. The molecule has 0 aliphatic rings. The van der Waals surface area contributed by atoms with Crippen LogP contribution in [0.5, 0.6) is 17.2 Å². The van der Waals surface area contributed by atoms with E-state index < -0.39 is 0 Å². The largest absolute Gasteiger partial charge is 0.493 e. The lowest BCUT2D eigenvalue weighted by Crippen LogP contribution is -2.19. The number of methoxy groups -OCH3 is 3. The molecule has 3 aromatic carbocycles. The van der Waals surface area contributed by atoms with Crippen LogP contribution in [0, 0.1) is 0 Å². The van der Waals surface area contributed by atoms with E-state index in [4.69, 9.17) is 14.2 Å². The highest BCUT2D eigenvalue weighted by Crippen LogP contribution is 2.37. The summed E-state index contributed by atoms with van der Waals surface area (Å²) < 4.78 is 15.9. The number of nitrogens with one attached hydrogen (secondary N) is 1. The topological polar surface area (TPSA) is 69.2 Å². The molecule has 0 spiro atoms. The molecule has 0 aromatic heterocycles. The van der Waals surface area contributed by atoms with Gasteiger partial charge in [0, 0.05) is 5.56 Å². The second kappa shape index (κ2) is 8.90. The van der Waals surface area contributed by atoms with E-state index in [2.05, 4.69) is 10.5 Å². The number of carbonyl (C=O) groups is 1. The molecule has 0 atom stereocenters. The van der Waals surface area contributed by atoms with Crippen LogP contribution in [0.3, 0.4) is 0 Å². The zero-order valence-electron chi connectivity index (χ0n) is 16.1. The Bertz CT molecular complexity index is 984. The number of rotatable bonds is 7. The highest BCUT2D eigenvalue weighted by atomic mass is 16.5. The van der Waals surface area contributed by atoms with Gasteiger partial charge in [-0.3, -0.25) is 4.79 Å². The van der Waals surface area contributed by atoms with Crippen molar-refractivity contribution < 1.29 is 19.0 Å². The highest BCUT2D eigenvalue weighted by molar-refractivity contribution is 5.90. The van der Waals surface area contributed by atoms with Gasteiger partial charge in [0.1, 0.15) is 0 Å². The molecule has 0 heterocycles. The smallest absolute Gasteiger partial charge is 0.244 e. The van der Waals surface area contributed by atoms with E-state index >= 15 is 0 Å². The van der Waals surface area contributed by atoms with Gasteiger partial charge in [0.2, 0.25) is 11.7 Å². The van der Waals surface area contributed by atoms with Gasteiger partial charge in [0.25, 0.3) is 0 Å². The average molecular weight is 378 g/mol. The molecular formula is C22H22N2O4. The third-order valence-corrected chi connectivity index (χ3v) is 4.32. The summed E-state index contributed by atoms with van der Waals surface area (Å²) in [7, 11) is 4.63. The Hall–Kier alpha value is -3.54. The summed E-state index contributed by atoms with van der Waals surface area (Å²) in [5, 5.41) is 6.22. The predicted molar refractivity (Wildman–Crippen MR) is 109 cm³/mol. The minimum absolute atomic E-state index is 0.194. The molecule has 0 radical (unpaired) electrons. The first-order valence-electron chi connectivity index (χ1n) is 8.74. The number of nitrogens with zero attached hydrogens (tertiary/aromatic N) is 1. The van der Waals surface area contributed by atoms with Crippen LogP contribution < -0.4 is 19.6 Å². The number of ether oxygens (including phenoxy) is 3. The van der Waals surface area contributed by atoms with Crippen LogP contribution in [-0.4, -0.2) is 33.5 Å². The van der Waals surface area contributed by atoms with Crippen LogP contribution in [0.4, 0.5) is 0 Å². The fourth-order valence-electron chi connectivity index (χ4n) is 3.01. The molecule has 0 fully saturated rings. The first kappa shape index (κ1) is 19.2. The molecule has 3 rings (SSSR count). The molecule has 0 aliphatic carbocycles. The Morgan fingerprint density at radius 1 is 0.964 bits per heavy atom. The van der Waals surface area contributed by atoms with Crippen LogP contribution in [0.15, 0.2) is 59.7 Å². The Labute approximate surface area is 163 Å². The fraction of sp³-hybridized carbons (Fsp3) is 0.182. The Balaban J connectivity index is 1.71. The zero-order chi connectivity index (χ0) is 19.9. The Kier molecular flexibility index (Phi) is 6.11. The maximum absolute atomic E-state index is 12.3. The lowest BCUT2D eigenvalue weighted by atomic mass is 10.0. The fourth-order valence-corrected chi connectivity index (χ4v) is 3.01. The van der Waals surface area contributed by atoms with Gasteiger partial charge in [-0.2, -0.15) is 5.10 Å². The van der Waals surface area contributed by atoms with E-state index in [1.54, 1.807) is 33.5 Å². The van der Waals surface area contributed by atoms with Gasteiger partial charge in [-0.1, -0.05) is 42.5 Å². The third kappa shape index (κ3) is 4.23. The van der Waals surface area contributed by atoms with Crippen LogP contribution in [0.1, 0.15) is 11.1 Å². The van der Waals surface area contributed by atoms with Crippen molar-refractivity contribution in [3.8, 4) is 17.2 Å². The second-order valence-corrected chi connectivity index (χ2v) is 6.07. The van der Waals surface area contributed by atoms with Crippen molar-refractivity contribution in [3.63, 3.8) is 0 Å². The zero-order valence-corrected chi connectivity index (χ0v) is 16.1. The van der Waals surface area contributed by atoms with E-state index in [1.807, 2.05) is 42.5 Å². The average Bonchev–Trinajstić information content (AvgIpc) is 2.73. The summed E-state index contributed by atoms with van der Waals surface area (Å²) in [5.41, 5.74) is 4.23. The van der Waals surface area contributed by atoms with E-state index in [1.165, 1.54) is 6.21 Å². The summed E-state index contributed by atoms with van der Waals surface area (Å²) in [4.78, 5) is 12.3. The molecule has 1 amide bonds. The van der Waals surface area contributed by atoms with Gasteiger partial charge in [0.15, 0.2) is 11.5 Å². The maximum Gasteiger partial charge on any atom is 0.244 e. The van der Waals surface area contributed by atoms with Crippen molar-refractivity contribution in [2.75, 3.05) is 21.3 Å². The molecule has 6 nitrogen and oxygen atoms in total. The van der Waals surface area contributed by atoms with Crippen LogP contribution in [0.2, 0.25) is 0 Å². The van der Waals surface area contributed by atoms with Crippen molar-refractivity contribution in [3.05, 3.63) is 65.7 Å². The van der Waals surface area contributed by atoms with Crippen LogP contribution in [-0.2, 0) is 11.2 Å². The number of amides is 1. The van der Waals surface area contributed by atoms with Crippen LogP contribution >= 0.6 is 0 Å². The summed E-state index contributed by atoms with van der Waals surface area (Å²) in [6.07, 6.45) is 1.78. The van der Waals surface area contributed by atoms with Crippen LogP contribution in [0.25, 0.3) is 10.8 Å². The van der Waals surface area contributed by atoms with Gasteiger partial charge < -0.3 is 14.2 Å². The molecule has 1 N–H and O–H groups in total. The normalized spacial score (nSPS) is 10.8. The van der Waals surface area contributed by atoms with Crippen molar-refractivity contribution in [1.29, 1.82) is 0 Å². The molecule has 28 heavy (non-hydrogen) atoms. The predicted octanol–water partition coefficient (Wildman–Crippen LogP) is 3.56. The van der Waals surface area contributed by atoms with Gasteiger partial charge >= 0.3 is 0 Å². The Morgan fingerprint density at radius 2 is 1.64 bits per heavy atom. The number of hydrazone groups is 1. The minimum Gasteiger partial charge on any atom is -0.493 e. The molecule has 3 aromatic rings. The molecule has 0 saturated carbocycles. The standard InChI is InChI=1S/C22H22N2O4/c1-26-19-11-15(12-20(27-2)22(19)28-3)14-23-24-21(25)13-17-9-6-8-16-7-4-5-10-18(16)17/h4-12,14H,13H2,1-3H3,(H,24,25)/b23-14-. The van der Waals surface area contributed by atoms with E-state index in [-0.39, 0.29) is 12.3 Å². The summed E-state index contributed by atoms with van der Waals surface area (Å²) in [5.74, 6) is 1.35. The number of fused-ring (bicyclic) bond motifs is 1. The molecular weight excluding hydrogens is 356 g/mol. The van der Waals surface area contributed by atoms with Crippen molar-refractivity contribution >= 4 is 22.9 Å². The SMILES string of the molecule is COc1cc(/C=N\NC(=O)Cc2cccc3ccccc23)cc(OC)c1OC. The first-order valence-corrected chi connectivity index (χ1v) is 8.74. The van der Waals surface area contributed by atoms with Gasteiger partial charge in [-0.05, 0) is 28.5 Å². The summed E-state index contributed by atoms with van der Waals surface area (Å²) in [6, 6.07) is 17.4. The molecule has 0 bridgehead atoms. The van der Waals surface area contributed by atoms with E-state index in [0.29, 0.717) is 22.8 Å². The number of hydrogen-bond acceptors (Lipinski definition) is 5. The summed E-state index contributed by atoms with van der Waals surface area (Å²) >= 11 is 0. The summed E-state index contributed by atoms with van der Waals surface area (Å²) in [6.45, 7) is 0. The van der Waals surface area contributed by atoms with Gasteiger partial charge in [0.05, 0.1) is 34.0 Å². The van der Waals surface area contributed by atoms with Gasteiger partial charge in [-0.15, -0.1) is 0 Å². The highest BCUT2D eigenvalue weighted by Gasteiger charge is 2.12. The Morgan fingerprint density at radius 3 is 2.32 bits per heavy atom. The molecule has 0 aliphatic heterocycles. The van der Waals surface area contributed by atoms with Crippen molar-refractivity contribution in [1.82, 2.24) is 5.43 Å². The second-order valence-electron chi connectivity index (χ2n) is 6.07. The van der Waals surface area contributed by atoms with Crippen molar-refractivity contribution in [2.45, 2.75) is 6.42 Å². The first-order chi connectivity index (χ1) is 13.7. The third-order valence-electron chi connectivity index (χ3n) is 4.32. The van der Waals surface area contributed by atoms with Gasteiger partial charge in [-0.25, -0.2) is 5.43 Å². The molecule has 0 saturated heterocycles. The van der Waals surface area contributed by atoms with Crippen molar-refractivity contribution in [2.24, 2.45) is 5.10 Å². The van der Waals surface area contributed by atoms with E-state index in [0.717, 1.165) is 16.3 Å². The monoisotopic (exact) mass is 378 g/mol. The number of carbonyl (C=O) groups excluding carboxylic acids is 1. The quantitative estimate of drug-likeness (QED) is 0.504. The van der Waals surface area contributed by atoms with E-state index in [9.17, 15) is 4.79 Å². The molecule has 6 heteroatoms.